The molecule has 0 aromatic rings. The van der Waals surface area contributed by atoms with E-state index in [1.807, 2.05) is 0 Å². The van der Waals surface area contributed by atoms with E-state index in [-0.39, 0.29) is 24.6 Å². The van der Waals surface area contributed by atoms with Crippen LogP contribution in [0.3, 0.4) is 0 Å². The van der Waals surface area contributed by atoms with Crippen molar-refractivity contribution in [3.05, 3.63) is 0 Å². The zero-order chi connectivity index (χ0) is 14.6. The van der Waals surface area contributed by atoms with E-state index in [1.165, 1.54) is 4.31 Å². The number of nitrogens with zero attached hydrogens (tertiary/aromatic N) is 1. The molecule has 2 heterocycles. The van der Waals surface area contributed by atoms with Crippen LogP contribution in [-0.4, -0.2) is 68.1 Å². The van der Waals surface area contributed by atoms with Gasteiger partial charge < -0.3 is 14.6 Å². The molecule has 2 fully saturated rings. The smallest absolute Gasteiger partial charge is 0.329 e. The summed E-state index contributed by atoms with van der Waals surface area (Å²) >= 11 is 0. The van der Waals surface area contributed by atoms with Crippen LogP contribution in [0.4, 0.5) is 0 Å². The van der Waals surface area contributed by atoms with Gasteiger partial charge in [-0.2, -0.15) is 0 Å². The zero-order valence-corrected chi connectivity index (χ0v) is 12.2. The van der Waals surface area contributed by atoms with Gasteiger partial charge in [0.25, 0.3) is 0 Å². The molecule has 2 rings (SSSR count). The molecule has 116 valence electrons. The lowest BCUT2D eigenvalue weighted by Crippen LogP contribution is -2.43. The Morgan fingerprint density at radius 1 is 1.30 bits per heavy atom. The van der Waals surface area contributed by atoms with Crippen molar-refractivity contribution in [2.24, 2.45) is 0 Å². The molecule has 0 bridgehead atoms. The molecule has 0 amide bonds. The Bertz CT molecular complexity index is 423. The Hall–Kier alpha value is -0.700. The summed E-state index contributed by atoms with van der Waals surface area (Å²) < 4.78 is 36.5. The lowest BCUT2D eigenvalue weighted by molar-refractivity contribution is -0.145. The molecule has 0 saturated carbocycles. The molecule has 8 heteroatoms. The minimum absolute atomic E-state index is 0.0493. The van der Waals surface area contributed by atoms with Gasteiger partial charge in [-0.1, -0.05) is 0 Å². The Morgan fingerprint density at radius 3 is 2.55 bits per heavy atom. The van der Waals surface area contributed by atoms with E-state index in [2.05, 4.69) is 0 Å². The minimum Gasteiger partial charge on any atom is -0.480 e. The topological polar surface area (TPSA) is 93.1 Å². The molecule has 0 spiro atoms. The maximum absolute atomic E-state index is 12.2. The summed E-state index contributed by atoms with van der Waals surface area (Å²) in [6.45, 7) is 1.09. The van der Waals surface area contributed by atoms with Gasteiger partial charge >= 0.3 is 5.97 Å². The molecule has 1 N–H and O–H groups in total. The fourth-order valence-electron chi connectivity index (χ4n) is 2.58. The van der Waals surface area contributed by atoms with Crippen molar-refractivity contribution < 1.29 is 27.8 Å². The molecular weight excluding hydrogens is 286 g/mol. The average Bonchev–Trinajstić information content (AvgIpc) is 2.89. The average molecular weight is 307 g/mol. The van der Waals surface area contributed by atoms with Crippen molar-refractivity contribution in [1.82, 2.24) is 4.31 Å². The van der Waals surface area contributed by atoms with Crippen molar-refractivity contribution in [3.8, 4) is 0 Å². The lowest BCUT2D eigenvalue weighted by atomic mass is 10.1. The maximum Gasteiger partial charge on any atom is 0.329 e. The first-order valence-electron chi connectivity index (χ1n) is 6.90. The lowest BCUT2D eigenvalue weighted by Gasteiger charge is -2.31. The van der Waals surface area contributed by atoms with Gasteiger partial charge in [0.2, 0.25) is 10.0 Å². The van der Waals surface area contributed by atoms with Crippen molar-refractivity contribution in [2.45, 2.75) is 37.9 Å². The molecule has 2 aliphatic rings. The molecule has 1 atom stereocenters. The summed E-state index contributed by atoms with van der Waals surface area (Å²) in [6.07, 6.45) is 2.46. The van der Waals surface area contributed by atoms with Crippen LogP contribution in [0, 0.1) is 0 Å². The molecule has 2 saturated heterocycles. The molecule has 2 aliphatic heterocycles. The minimum atomic E-state index is -3.29. The van der Waals surface area contributed by atoms with Gasteiger partial charge in [0.15, 0.2) is 0 Å². The number of carboxylic acid groups (broad SMARTS) is 1. The highest BCUT2D eigenvalue weighted by Gasteiger charge is 2.32. The predicted molar refractivity (Wildman–Crippen MR) is 70.9 cm³/mol. The standard InChI is InChI=1S/C12H21NO6S/c14-12(15)8-19-10-3-5-13(6-4-10)20(16,17)9-11-2-1-7-18-11/h10-11H,1-9H2,(H,14,15). The Morgan fingerprint density at radius 2 is 2.00 bits per heavy atom. The second kappa shape index (κ2) is 6.84. The van der Waals surface area contributed by atoms with Crippen LogP contribution in [0.15, 0.2) is 0 Å². The van der Waals surface area contributed by atoms with Crippen molar-refractivity contribution in [1.29, 1.82) is 0 Å². The highest BCUT2D eigenvalue weighted by atomic mass is 32.2. The van der Waals surface area contributed by atoms with Gasteiger partial charge in [-0.3, -0.25) is 0 Å². The first-order valence-corrected chi connectivity index (χ1v) is 8.51. The van der Waals surface area contributed by atoms with E-state index in [4.69, 9.17) is 14.6 Å². The predicted octanol–water partition coefficient (Wildman–Crippen LogP) is 0.0608. The Kier molecular flexibility index (Phi) is 5.36. The van der Waals surface area contributed by atoms with E-state index < -0.39 is 16.0 Å². The monoisotopic (exact) mass is 307 g/mol. The summed E-state index contributed by atoms with van der Waals surface area (Å²) in [5.74, 6) is -0.952. The van der Waals surface area contributed by atoms with Gasteiger partial charge in [0, 0.05) is 19.7 Å². The summed E-state index contributed by atoms with van der Waals surface area (Å²) in [7, 11) is -3.29. The summed E-state index contributed by atoms with van der Waals surface area (Å²) in [6, 6.07) is 0. The van der Waals surface area contributed by atoms with Crippen LogP contribution in [0.5, 0.6) is 0 Å². The fourth-order valence-corrected chi connectivity index (χ4v) is 4.29. The number of hydrogen-bond acceptors (Lipinski definition) is 5. The van der Waals surface area contributed by atoms with E-state index in [0.29, 0.717) is 32.5 Å². The molecule has 0 radical (unpaired) electrons. The molecule has 20 heavy (non-hydrogen) atoms. The van der Waals surface area contributed by atoms with E-state index >= 15 is 0 Å². The highest BCUT2D eigenvalue weighted by Crippen LogP contribution is 2.20. The maximum atomic E-state index is 12.2. The molecule has 0 aliphatic carbocycles. The third-order valence-corrected chi connectivity index (χ3v) is 5.60. The molecule has 0 aromatic carbocycles. The van der Waals surface area contributed by atoms with Crippen LogP contribution in [0.1, 0.15) is 25.7 Å². The van der Waals surface area contributed by atoms with Crippen molar-refractivity contribution in [2.75, 3.05) is 32.1 Å². The van der Waals surface area contributed by atoms with Gasteiger partial charge in [-0.25, -0.2) is 17.5 Å². The fraction of sp³-hybridized carbons (Fsp3) is 0.917. The number of sulfonamides is 1. The highest BCUT2D eigenvalue weighted by molar-refractivity contribution is 7.89. The van der Waals surface area contributed by atoms with Crippen molar-refractivity contribution >= 4 is 16.0 Å². The number of rotatable bonds is 6. The zero-order valence-electron chi connectivity index (χ0n) is 11.4. The van der Waals surface area contributed by atoms with E-state index in [1.54, 1.807) is 0 Å². The second-order valence-corrected chi connectivity index (χ2v) is 7.23. The van der Waals surface area contributed by atoms with Gasteiger partial charge in [0.05, 0.1) is 18.0 Å². The second-order valence-electron chi connectivity index (χ2n) is 5.22. The largest absolute Gasteiger partial charge is 0.480 e. The summed E-state index contributed by atoms with van der Waals surface area (Å²) in [4.78, 5) is 10.4. The number of carbonyl (C=O) groups is 1. The quantitative estimate of drug-likeness (QED) is 0.746. The third-order valence-electron chi connectivity index (χ3n) is 3.66. The third kappa shape index (κ3) is 4.41. The Labute approximate surface area is 118 Å². The van der Waals surface area contributed by atoms with E-state index in [9.17, 15) is 13.2 Å². The Balaban J connectivity index is 1.78. The molecular formula is C12H21NO6S. The molecule has 1 unspecified atom stereocenters. The van der Waals surface area contributed by atoms with Crippen molar-refractivity contribution in [3.63, 3.8) is 0 Å². The number of piperidine rings is 1. The summed E-state index contributed by atoms with van der Waals surface area (Å²) in [5, 5.41) is 8.54. The van der Waals surface area contributed by atoms with Crippen LogP contribution in [0.25, 0.3) is 0 Å². The summed E-state index contributed by atoms with van der Waals surface area (Å²) in [5.41, 5.74) is 0. The number of aliphatic carboxylic acids is 1. The van der Waals surface area contributed by atoms with Crippen LogP contribution in [-0.2, 0) is 24.3 Å². The van der Waals surface area contributed by atoms with Crippen LogP contribution >= 0.6 is 0 Å². The number of ether oxygens (including phenoxy) is 2. The number of hydrogen-bond donors (Lipinski definition) is 1. The normalized spacial score (nSPS) is 25.9. The van der Waals surface area contributed by atoms with Gasteiger partial charge in [0.1, 0.15) is 6.61 Å². The van der Waals surface area contributed by atoms with Crippen LogP contribution < -0.4 is 0 Å². The number of carboxylic acids is 1. The SMILES string of the molecule is O=C(O)COC1CCN(S(=O)(=O)CC2CCCO2)CC1. The first-order chi connectivity index (χ1) is 9.47. The molecule has 0 aromatic heterocycles. The van der Waals surface area contributed by atoms with Gasteiger partial charge in [-0.05, 0) is 25.7 Å². The first kappa shape index (κ1) is 15.7. The van der Waals surface area contributed by atoms with Gasteiger partial charge in [-0.15, -0.1) is 0 Å². The van der Waals surface area contributed by atoms with E-state index in [0.717, 1.165) is 12.8 Å². The molecule has 7 nitrogen and oxygen atoms in total. The van der Waals surface area contributed by atoms with Crippen LogP contribution in [0.2, 0.25) is 0 Å².